The first kappa shape index (κ1) is 19.7. The molecule has 0 saturated carbocycles. The molecule has 30 heavy (non-hydrogen) atoms. The largest absolute Gasteiger partial charge is 0.312 e. The Morgan fingerprint density at radius 3 is 2.83 bits per heavy atom. The van der Waals surface area contributed by atoms with Gasteiger partial charge in [-0.15, -0.1) is 11.3 Å². The fourth-order valence-corrected chi connectivity index (χ4v) is 5.55. The molecule has 2 fully saturated rings. The predicted octanol–water partition coefficient (Wildman–Crippen LogP) is 3.61. The third-order valence-corrected chi connectivity index (χ3v) is 7.31. The number of carbonyl (C=O) groups is 2. The Morgan fingerprint density at radius 1 is 1.13 bits per heavy atom. The van der Waals surface area contributed by atoms with Gasteiger partial charge in [0, 0.05) is 30.6 Å². The van der Waals surface area contributed by atoms with Crippen LogP contribution >= 0.6 is 11.3 Å². The normalized spacial score (nSPS) is 21.8. The maximum atomic E-state index is 12.8. The molecule has 7 heteroatoms. The lowest BCUT2D eigenvalue weighted by Gasteiger charge is -2.25. The molecule has 2 saturated heterocycles. The lowest BCUT2D eigenvalue weighted by atomic mass is 10.1. The van der Waals surface area contributed by atoms with E-state index in [0.717, 1.165) is 43.9 Å². The molecular weight excluding hydrogens is 396 g/mol. The zero-order valence-corrected chi connectivity index (χ0v) is 18.0. The molecule has 2 aliphatic heterocycles. The molecule has 0 radical (unpaired) electrons. The lowest BCUT2D eigenvalue weighted by molar-refractivity contribution is -0.122. The van der Waals surface area contributed by atoms with E-state index in [1.807, 2.05) is 11.4 Å². The summed E-state index contributed by atoms with van der Waals surface area (Å²) in [5, 5.41) is 5.61. The minimum Gasteiger partial charge on any atom is -0.312 e. The van der Waals surface area contributed by atoms with Gasteiger partial charge in [0.2, 0.25) is 11.8 Å². The standard InChI is InChI=1S/C23H28N4O2S/c28-21-12-18(13-27(21)20-8-7-16-5-4-6-17(16)11-20)22(29)25-23-24-19(15-30-23)14-26-9-2-1-3-10-26/h7-8,11,15,18H,1-6,9-10,12-14H2,(H,24,25,29). The highest BCUT2D eigenvalue weighted by atomic mass is 32.1. The van der Waals surface area contributed by atoms with Crippen LogP contribution in [0.1, 0.15) is 48.9 Å². The molecule has 2 amide bonds. The molecule has 1 unspecified atom stereocenters. The van der Waals surface area contributed by atoms with Crippen LogP contribution in [0.5, 0.6) is 0 Å². The second kappa shape index (κ2) is 8.47. The number of hydrogen-bond donors (Lipinski definition) is 1. The van der Waals surface area contributed by atoms with Crippen LogP contribution in [-0.2, 0) is 29.0 Å². The summed E-state index contributed by atoms with van der Waals surface area (Å²) < 4.78 is 0. The molecule has 158 valence electrons. The van der Waals surface area contributed by atoms with E-state index >= 15 is 0 Å². The number of rotatable bonds is 5. The highest BCUT2D eigenvalue weighted by Crippen LogP contribution is 2.31. The van der Waals surface area contributed by atoms with Crippen LogP contribution in [0.3, 0.4) is 0 Å². The van der Waals surface area contributed by atoms with E-state index in [9.17, 15) is 9.59 Å². The summed E-state index contributed by atoms with van der Waals surface area (Å²) in [5.74, 6) is -0.413. The number of likely N-dealkylation sites (tertiary alicyclic amines) is 1. The van der Waals surface area contributed by atoms with Crippen molar-refractivity contribution >= 4 is 34.0 Å². The number of piperidine rings is 1. The van der Waals surface area contributed by atoms with Crippen LogP contribution in [0.25, 0.3) is 0 Å². The molecule has 3 heterocycles. The van der Waals surface area contributed by atoms with Crippen molar-refractivity contribution in [2.45, 2.75) is 51.5 Å². The quantitative estimate of drug-likeness (QED) is 0.796. The van der Waals surface area contributed by atoms with Crippen molar-refractivity contribution < 1.29 is 9.59 Å². The number of carbonyl (C=O) groups excluding carboxylic acids is 2. The zero-order valence-electron chi connectivity index (χ0n) is 17.2. The van der Waals surface area contributed by atoms with Gasteiger partial charge in [-0.25, -0.2) is 4.98 Å². The fraction of sp³-hybridized carbons (Fsp3) is 0.522. The maximum absolute atomic E-state index is 12.8. The third kappa shape index (κ3) is 4.14. The Bertz CT molecular complexity index is 950. The smallest absolute Gasteiger partial charge is 0.231 e. The maximum Gasteiger partial charge on any atom is 0.231 e. The average Bonchev–Trinajstić information content (AvgIpc) is 3.48. The monoisotopic (exact) mass is 424 g/mol. The Hall–Kier alpha value is -2.25. The Kier molecular flexibility index (Phi) is 5.56. The zero-order chi connectivity index (χ0) is 20.5. The molecule has 0 bridgehead atoms. The van der Waals surface area contributed by atoms with E-state index in [-0.39, 0.29) is 24.2 Å². The van der Waals surface area contributed by atoms with Crippen LogP contribution in [-0.4, -0.2) is 41.3 Å². The molecule has 5 rings (SSSR count). The summed E-state index contributed by atoms with van der Waals surface area (Å²) >= 11 is 1.47. The number of nitrogens with one attached hydrogen (secondary N) is 1. The van der Waals surface area contributed by atoms with Crippen molar-refractivity contribution in [1.29, 1.82) is 0 Å². The highest BCUT2D eigenvalue weighted by Gasteiger charge is 2.35. The number of amides is 2. The van der Waals surface area contributed by atoms with Crippen molar-refractivity contribution in [3.63, 3.8) is 0 Å². The summed E-state index contributed by atoms with van der Waals surface area (Å²) in [6.45, 7) is 3.54. The second-order valence-electron chi connectivity index (χ2n) is 8.68. The van der Waals surface area contributed by atoms with Gasteiger partial charge < -0.3 is 10.2 Å². The first-order valence-electron chi connectivity index (χ1n) is 11.1. The topological polar surface area (TPSA) is 65.5 Å². The summed E-state index contributed by atoms with van der Waals surface area (Å²) in [4.78, 5) is 34.2. The number of aryl methyl sites for hydroxylation is 2. The SMILES string of the molecule is O=C(Nc1nc(CN2CCCCC2)cs1)C1CC(=O)N(c2ccc3c(c2)CCC3)C1. The van der Waals surface area contributed by atoms with Crippen LogP contribution < -0.4 is 10.2 Å². The van der Waals surface area contributed by atoms with Gasteiger partial charge in [0.1, 0.15) is 0 Å². The number of anilines is 2. The number of thiazole rings is 1. The first-order valence-corrected chi connectivity index (χ1v) is 11.9. The van der Waals surface area contributed by atoms with Gasteiger partial charge in [0.05, 0.1) is 11.6 Å². The average molecular weight is 425 g/mol. The van der Waals surface area contributed by atoms with Gasteiger partial charge in [0.25, 0.3) is 0 Å². The summed E-state index contributed by atoms with van der Waals surface area (Å²) in [7, 11) is 0. The fourth-order valence-electron chi connectivity index (χ4n) is 4.85. The molecule has 0 spiro atoms. The van der Waals surface area contributed by atoms with E-state index in [1.54, 1.807) is 4.90 Å². The molecule has 1 aromatic heterocycles. The number of benzene rings is 1. The van der Waals surface area contributed by atoms with Crippen molar-refractivity contribution in [3.05, 3.63) is 40.4 Å². The van der Waals surface area contributed by atoms with Crippen LogP contribution in [0, 0.1) is 5.92 Å². The number of fused-ring (bicyclic) bond motifs is 1. The van der Waals surface area contributed by atoms with Crippen molar-refractivity contribution in [3.8, 4) is 0 Å². The van der Waals surface area contributed by atoms with Gasteiger partial charge in [-0.1, -0.05) is 12.5 Å². The van der Waals surface area contributed by atoms with Crippen molar-refractivity contribution in [1.82, 2.24) is 9.88 Å². The summed E-state index contributed by atoms with van der Waals surface area (Å²) in [6.07, 6.45) is 7.48. The Balaban J connectivity index is 1.19. The van der Waals surface area contributed by atoms with E-state index in [4.69, 9.17) is 0 Å². The van der Waals surface area contributed by atoms with Gasteiger partial charge in [-0.2, -0.15) is 0 Å². The third-order valence-electron chi connectivity index (χ3n) is 6.51. The molecular formula is C23H28N4O2S. The first-order chi connectivity index (χ1) is 14.7. The van der Waals surface area contributed by atoms with Gasteiger partial charge in [-0.05, 0) is 68.5 Å². The highest BCUT2D eigenvalue weighted by molar-refractivity contribution is 7.13. The van der Waals surface area contributed by atoms with E-state index < -0.39 is 0 Å². The van der Waals surface area contributed by atoms with E-state index in [0.29, 0.717) is 11.7 Å². The van der Waals surface area contributed by atoms with Crippen molar-refractivity contribution in [2.75, 3.05) is 29.9 Å². The predicted molar refractivity (Wildman–Crippen MR) is 119 cm³/mol. The Morgan fingerprint density at radius 2 is 1.97 bits per heavy atom. The van der Waals surface area contributed by atoms with Gasteiger partial charge in [0.15, 0.2) is 5.13 Å². The molecule has 1 atom stereocenters. The summed E-state index contributed by atoms with van der Waals surface area (Å²) in [6, 6.07) is 6.29. The molecule has 3 aliphatic rings. The van der Waals surface area contributed by atoms with Crippen LogP contribution in [0.2, 0.25) is 0 Å². The number of hydrogen-bond acceptors (Lipinski definition) is 5. The molecule has 1 N–H and O–H groups in total. The molecule has 2 aromatic rings. The molecule has 6 nitrogen and oxygen atoms in total. The lowest BCUT2D eigenvalue weighted by Crippen LogP contribution is -2.29. The minimum absolute atomic E-state index is 0.0259. The number of aromatic nitrogens is 1. The number of nitrogens with zero attached hydrogens (tertiary/aromatic N) is 3. The van der Waals surface area contributed by atoms with E-state index in [1.165, 1.54) is 48.1 Å². The van der Waals surface area contributed by atoms with Gasteiger partial charge in [-0.3, -0.25) is 14.5 Å². The summed E-state index contributed by atoms with van der Waals surface area (Å²) in [5.41, 5.74) is 4.68. The van der Waals surface area contributed by atoms with Crippen molar-refractivity contribution in [2.24, 2.45) is 5.92 Å². The molecule has 1 aromatic carbocycles. The second-order valence-corrected chi connectivity index (χ2v) is 9.54. The van der Waals surface area contributed by atoms with E-state index in [2.05, 4.69) is 27.3 Å². The van der Waals surface area contributed by atoms with Crippen LogP contribution in [0.15, 0.2) is 23.6 Å². The van der Waals surface area contributed by atoms with Gasteiger partial charge >= 0.3 is 0 Å². The molecule has 1 aliphatic carbocycles. The Labute approximate surface area is 181 Å². The van der Waals surface area contributed by atoms with Crippen LogP contribution in [0.4, 0.5) is 10.8 Å². The minimum atomic E-state index is -0.333.